The minimum Gasteiger partial charge on any atom is -0.378 e. The molecule has 0 aromatic carbocycles. The maximum absolute atomic E-state index is 5.57. The lowest BCUT2D eigenvalue weighted by Crippen LogP contribution is -2.45. The Kier molecular flexibility index (Phi) is 6.35. The average Bonchev–Trinajstić information content (AvgIpc) is 2.18. The highest BCUT2D eigenvalue weighted by Gasteiger charge is 2.35. The van der Waals surface area contributed by atoms with Crippen molar-refractivity contribution in [2.45, 2.75) is 31.0 Å². The van der Waals surface area contributed by atoms with Crippen LogP contribution in [0.4, 0.5) is 0 Å². The van der Waals surface area contributed by atoms with Crippen molar-refractivity contribution in [1.29, 1.82) is 0 Å². The predicted molar refractivity (Wildman–Crippen MR) is 54.8 cm³/mol. The molecule has 0 amide bonds. The molecule has 76 valence electrons. The molecule has 0 aromatic heterocycles. The molecule has 2 heteroatoms. The molecule has 0 N–H and O–H groups in total. The molecular weight excluding hydrogens is 164 g/mol. The van der Waals surface area contributed by atoms with Gasteiger partial charge in [0, 0.05) is 13.7 Å². The SMILES string of the molecule is [CH2]COC(C[CH2])(C[CH2])C(C[CH2])OC. The smallest absolute Gasteiger partial charge is 0.0942 e. The van der Waals surface area contributed by atoms with Gasteiger partial charge in [-0.1, -0.05) is 20.8 Å². The van der Waals surface area contributed by atoms with Crippen molar-refractivity contribution in [2.24, 2.45) is 0 Å². The fraction of sp³-hybridized carbons (Fsp3) is 0.636. The molecule has 0 aliphatic heterocycles. The summed E-state index contributed by atoms with van der Waals surface area (Å²) in [5.41, 5.74) is -0.418. The third kappa shape index (κ3) is 2.96. The van der Waals surface area contributed by atoms with Crippen molar-refractivity contribution in [3.8, 4) is 0 Å². The third-order valence-corrected chi connectivity index (χ3v) is 2.37. The summed E-state index contributed by atoms with van der Waals surface area (Å²) < 4.78 is 10.9. The van der Waals surface area contributed by atoms with Crippen LogP contribution < -0.4 is 0 Å². The molecule has 0 aliphatic carbocycles. The van der Waals surface area contributed by atoms with Crippen LogP contribution in [0.2, 0.25) is 0 Å². The summed E-state index contributed by atoms with van der Waals surface area (Å²) in [6.45, 7) is 15.6. The Balaban J connectivity index is 4.50. The van der Waals surface area contributed by atoms with Crippen molar-refractivity contribution >= 4 is 0 Å². The van der Waals surface area contributed by atoms with E-state index in [1.165, 1.54) is 0 Å². The summed E-state index contributed by atoms with van der Waals surface area (Å²) >= 11 is 0. The van der Waals surface area contributed by atoms with E-state index in [0.717, 1.165) is 0 Å². The van der Waals surface area contributed by atoms with E-state index < -0.39 is 5.60 Å². The van der Waals surface area contributed by atoms with Gasteiger partial charge >= 0.3 is 0 Å². The Hall–Kier alpha value is -0.0800. The van der Waals surface area contributed by atoms with Crippen molar-refractivity contribution in [3.63, 3.8) is 0 Å². The number of hydrogen-bond donors (Lipinski definition) is 0. The molecule has 0 saturated carbocycles. The molecule has 0 aliphatic rings. The first kappa shape index (κ1) is 12.9. The summed E-state index contributed by atoms with van der Waals surface area (Å²) in [7, 11) is 1.66. The van der Waals surface area contributed by atoms with Crippen LogP contribution in [-0.4, -0.2) is 25.4 Å². The van der Waals surface area contributed by atoms with E-state index in [9.17, 15) is 0 Å². The molecule has 0 aromatic rings. The molecule has 13 heavy (non-hydrogen) atoms. The van der Waals surface area contributed by atoms with Crippen LogP contribution in [0.25, 0.3) is 0 Å². The molecule has 0 fully saturated rings. The van der Waals surface area contributed by atoms with Crippen LogP contribution in [0.15, 0.2) is 0 Å². The van der Waals surface area contributed by atoms with Gasteiger partial charge in [-0.2, -0.15) is 0 Å². The van der Waals surface area contributed by atoms with Gasteiger partial charge in [0.2, 0.25) is 0 Å². The topological polar surface area (TPSA) is 18.5 Å². The summed E-state index contributed by atoms with van der Waals surface area (Å²) in [4.78, 5) is 0. The molecule has 0 saturated heterocycles. The second-order valence-electron chi connectivity index (χ2n) is 2.93. The van der Waals surface area contributed by atoms with Crippen LogP contribution in [0.3, 0.4) is 0 Å². The van der Waals surface area contributed by atoms with Gasteiger partial charge < -0.3 is 9.47 Å². The molecule has 1 unspecified atom stereocenters. The summed E-state index contributed by atoms with van der Waals surface area (Å²) in [5.74, 6) is 0. The molecule has 4 radical (unpaired) electrons. The first-order valence-electron chi connectivity index (χ1n) is 4.54. The van der Waals surface area contributed by atoms with Crippen LogP contribution in [0, 0.1) is 27.7 Å². The zero-order valence-corrected chi connectivity index (χ0v) is 8.55. The minimum absolute atomic E-state index is 0.0516. The zero-order valence-electron chi connectivity index (χ0n) is 8.55. The largest absolute Gasteiger partial charge is 0.378 e. The lowest BCUT2D eigenvalue weighted by Gasteiger charge is -2.37. The number of methoxy groups -OCH3 is 1. The Bertz CT molecular complexity index is 115. The predicted octanol–water partition coefficient (Wildman–Crippen LogP) is 2.26. The Morgan fingerprint density at radius 3 is 1.92 bits per heavy atom. The van der Waals surface area contributed by atoms with E-state index in [0.29, 0.717) is 25.9 Å². The van der Waals surface area contributed by atoms with Gasteiger partial charge in [0.1, 0.15) is 0 Å². The number of rotatable bonds is 7. The van der Waals surface area contributed by atoms with Crippen LogP contribution >= 0.6 is 0 Å². The van der Waals surface area contributed by atoms with E-state index in [1.54, 1.807) is 7.11 Å². The van der Waals surface area contributed by atoms with Crippen molar-refractivity contribution < 1.29 is 9.47 Å². The van der Waals surface area contributed by atoms with Crippen LogP contribution in [0.1, 0.15) is 19.3 Å². The Labute approximate surface area is 82.6 Å². The molecule has 0 rings (SSSR count). The molecule has 2 nitrogen and oxygen atoms in total. The maximum atomic E-state index is 5.57. The monoisotopic (exact) mass is 184 g/mol. The lowest BCUT2D eigenvalue weighted by molar-refractivity contribution is -0.125. The van der Waals surface area contributed by atoms with Crippen LogP contribution in [-0.2, 0) is 9.47 Å². The van der Waals surface area contributed by atoms with Crippen molar-refractivity contribution in [2.75, 3.05) is 13.7 Å². The normalized spacial score (nSPS) is 14.5. The minimum atomic E-state index is -0.418. The molecule has 0 spiro atoms. The van der Waals surface area contributed by atoms with Gasteiger partial charge in [-0.3, -0.25) is 0 Å². The first-order valence-corrected chi connectivity index (χ1v) is 4.54. The van der Waals surface area contributed by atoms with Gasteiger partial charge in [0.25, 0.3) is 0 Å². The van der Waals surface area contributed by atoms with E-state index >= 15 is 0 Å². The molecule has 0 heterocycles. The first-order chi connectivity index (χ1) is 6.20. The van der Waals surface area contributed by atoms with Crippen LogP contribution in [0.5, 0.6) is 0 Å². The highest BCUT2D eigenvalue weighted by molar-refractivity contribution is 4.91. The van der Waals surface area contributed by atoms with E-state index in [2.05, 4.69) is 27.7 Å². The fourth-order valence-electron chi connectivity index (χ4n) is 1.48. The highest BCUT2D eigenvalue weighted by atomic mass is 16.5. The molecule has 0 bridgehead atoms. The van der Waals surface area contributed by atoms with Gasteiger partial charge in [-0.25, -0.2) is 0 Å². The van der Waals surface area contributed by atoms with Crippen molar-refractivity contribution in [1.82, 2.24) is 0 Å². The Morgan fingerprint density at radius 1 is 1.15 bits per heavy atom. The third-order valence-electron chi connectivity index (χ3n) is 2.37. The highest BCUT2D eigenvalue weighted by Crippen LogP contribution is 2.28. The number of ether oxygens (including phenoxy) is 2. The fourth-order valence-corrected chi connectivity index (χ4v) is 1.48. The number of hydrogen-bond acceptors (Lipinski definition) is 2. The van der Waals surface area contributed by atoms with Gasteiger partial charge in [-0.05, 0) is 26.2 Å². The molecular formula is C11H20O2. The summed E-state index contributed by atoms with van der Waals surface area (Å²) in [5, 5.41) is 0. The van der Waals surface area contributed by atoms with Crippen molar-refractivity contribution in [3.05, 3.63) is 27.7 Å². The summed E-state index contributed by atoms with van der Waals surface area (Å²) in [6.07, 6.45) is 1.85. The van der Waals surface area contributed by atoms with E-state index in [-0.39, 0.29) is 6.10 Å². The van der Waals surface area contributed by atoms with Gasteiger partial charge in [0.15, 0.2) is 0 Å². The molecule has 1 atom stereocenters. The standard InChI is InChI=1S/C11H20O2/c1-6-10(12-5)11(7-2,8-3)13-9-4/h10H,1-4,6-9H2,5H3. The lowest BCUT2D eigenvalue weighted by atomic mass is 9.88. The van der Waals surface area contributed by atoms with E-state index in [1.807, 2.05) is 0 Å². The Morgan fingerprint density at radius 2 is 1.69 bits per heavy atom. The van der Waals surface area contributed by atoms with Gasteiger partial charge in [0.05, 0.1) is 11.7 Å². The second kappa shape index (κ2) is 6.39. The maximum Gasteiger partial charge on any atom is 0.0942 e. The quantitative estimate of drug-likeness (QED) is 0.604. The average molecular weight is 184 g/mol. The van der Waals surface area contributed by atoms with E-state index in [4.69, 9.17) is 9.47 Å². The summed E-state index contributed by atoms with van der Waals surface area (Å²) in [6, 6.07) is 0. The second-order valence-corrected chi connectivity index (χ2v) is 2.93. The van der Waals surface area contributed by atoms with Gasteiger partial charge in [-0.15, -0.1) is 0 Å². The zero-order chi connectivity index (χ0) is 10.3.